The first kappa shape index (κ1) is 13.4. The Labute approximate surface area is 115 Å². The third-order valence-electron chi connectivity index (χ3n) is 3.26. The van der Waals surface area contributed by atoms with E-state index in [4.69, 9.17) is 9.84 Å². The predicted octanol–water partition coefficient (Wildman–Crippen LogP) is 2.51. The van der Waals surface area contributed by atoms with Crippen LogP contribution in [-0.2, 0) is 11.3 Å². The Kier molecular flexibility index (Phi) is 4.24. The van der Waals surface area contributed by atoms with E-state index in [1.807, 2.05) is 23.1 Å². The largest absolute Gasteiger partial charge is 0.496 e. The van der Waals surface area contributed by atoms with Crippen LogP contribution < -0.4 is 4.74 Å². The van der Waals surface area contributed by atoms with Gasteiger partial charge in [-0.25, -0.2) is 0 Å². The van der Waals surface area contributed by atoms with Gasteiger partial charge in [-0.05, 0) is 37.6 Å². The second kappa shape index (κ2) is 5.71. The molecule has 2 rings (SSSR count). The molecule has 0 saturated carbocycles. The number of carboxylic acids is 1. The summed E-state index contributed by atoms with van der Waals surface area (Å²) < 4.78 is 6.29. The van der Waals surface area contributed by atoms with Gasteiger partial charge in [-0.15, -0.1) is 0 Å². The summed E-state index contributed by atoms with van der Waals surface area (Å²) in [5, 5.41) is 9.16. The van der Waals surface area contributed by atoms with E-state index in [9.17, 15) is 4.79 Å². The highest BCUT2D eigenvalue weighted by Crippen LogP contribution is 2.27. The summed E-state index contributed by atoms with van der Waals surface area (Å²) in [5.41, 5.74) is 1.01. The Hall–Kier alpha value is -1.07. The van der Waals surface area contributed by atoms with Crippen molar-refractivity contribution in [2.45, 2.75) is 25.4 Å². The third kappa shape index (κ3) is 2.84. The first-order chi connectivity index (χ1) is 8.61. The van der Waals surface area contributed by atoms with Gasteiger partial charge in [0.2, 0.25) is 0 Å². The Morgan fingerprint density at radius 1 is 1.61 bits per heavy atom. The summed E-state index contributed by atoms with van der Waals surface area (Å²) in [5.74, 6) is 0.0655. The molecular weight excluding hydrogens is 298 g/mol. The van der Waals surface area contributed by atoms with Crippen molar-refractivity contribution in [2.75, 3.05) is 13.7 Å². The highest BCUT2D eigenvalue weighted by Gasteiger charge is 2.30. The summed E-state index contributed by atoms with van der Waals surface area (Å²) in [6.07, 6.45) is 1.67. The van der Waals surface area contributed by atoms with Crippen molar-refractivity contribution >= 4 is 21.9 Å². The Balaban J connectivity index is 2.18. The number of nitrogens with zero attached hydrogens (tertiary/aromatic N) is 1. The van der Waals surface area contributed by atoms with Crippen molar-refractivity contribution in [3.8, 4) is 5.75 Å². The minimum absolute atomic E-state index is 0.367. The van der Waals surface area contributed by atoms with E-state index in [1.165, 1.54) is 0 Å². The van der Waals surface area contributed by atoms with E-state index in [0.717, 1.165) is 35.2 Å². The molecule has 0 bridgehead atoms. The van der Waals surface area contributed by atoms with Crippen molar-refractivity contribution in [2.24, 2.45) is 0 Å². The molecule has 1 N–H and O–H groups in total. The summed E-state index contributed by atoms with van der Waals surface area (Å²) in [4.78, 5) is 13.1. The van der Waals surface area contributed by atoms with Gasteiger partial charge in [-0.3, -0.25) is 9.69 Å². The molecule has 1 aromatic rings. The number of carbonyl (C=O) groups is 1. The molecular formula is C13H16BrNO3. The number of rotatable bonds is 4. The topological polar surface area (TPSA) is 49.8 Å². The molecule has 98 valence electrons. The monoisotopic (exact) mass is 313 g/mol. The highest BCUT2D eigenvalue weighted by atomic mass is 79.9. The average Bonchev–Trinajstić information content (AvgIpc) is 2.77. The first-order valence-corrected chi connectivity index (χ1v) is 6.70. The van der Waals surface area contributed by atoms with Crippen molar-refractivity contribution in [3.63, 3.8) is 0 Å². The second-order valence-electron chi connectivity index (χ2n) is 4.42. The van der Waals surface area contributed by atoms with Gasteiger partial charge >= 0.3 is 5.97 Å². The van der Waals surface area contributed by atoms with Gasteiger partial charge in [0.1, 0.15) is 11.8 Å². The molecule has 0 spiro atoms. The lowest BCUT2D eigenvalue weighted by atomic mass is 10.1. The molecule has 1 aromatic carbocycles. The van der Waals surface area contributed by atoms with Crippen LogP contribution in [0.4, 0.5) is 0 Å². The zero-order chi connectivity index (χ0) is 13.1. The van der Waals surface area contributed by atoms with Crippen LogP contribution in [-0.4, -0.2) is 35.7 Å². The number of likely N-dealkylation sites (tertiary alicyclic amines) is 1. The van der Waals surface area contributed by atoms with E-state index in [1.54, 1.807) is 7.11 Å². The van der Waals surface area contributed by atoms with E-state index in [0.29, 0.717) is 6.54 Å². The first-order valence-electron chi connectivity index (χ1n) is 5.91. The normalized spacial score (nSPS) is 20.0. The van der Waals surface area contributed by atoms with Gasteiger partial charge in [0.25, 0.3) is 0 Å². The molecule has 1 aliphatic heterocycles. The Morgan fingerprint density at radius 3 is 3.06 bits per heavy atom. The van der Waals surface area contributed by atoms with Crippen LogP contribution in [0.3, 0.4) is 0 Å². The van der Waals surface area contributed by atoms with Crippen molar-refractivity contribution in [3.05, 3.63) is 28.2 Å². The zero-order valence-corrected chi connectivity index (χ0v) is 11.8. The number of hydrogen-bond acceptors (Lipinski definition) is 3. The number of hydrogen-bond donors (Lipinski definition) is 1. The molecule has 0 aromatic heterocycles. The van der Waals surface area contributed by atoms with Gasteiger partial charge in [-0.2, -0.15) is 0 Å². The molecule has 5 heteroatoms. The second-order valence-corrected chi connectivity index (χ2v) is 5.34. The lowest BCUT2D eigenvalue weighted by Gasteiger charge is -2.22. The van der Waals surface area contributed by atoms with Crippen LogP contribution >= 0.6 is 15.9 Å². The predicted molar refractivity (Wildman–Crippen MR) is 71.8 cm³/mol. The van der Waals surface area contributed by atoms with E-state index < -0.39 is 5.97 Å². The molecule has 0 aliphatic carbocycles. The summed E-state index contributed by atoms with van der Waals surface area (Å²) in [6, 6.07) is 5.43. The number of aliphatic carboxylic acids is 1. The van der Waals surface area contributed by atoms with Crippen LogP contribution in [0.15, 0.2) is 22.7 Å². The fraction of sp³-hybridized carbons (Fsp3) is 0.462. The van der Waals surface area contributed by atoms with Gasteiger partial charge in [0.15, 0.2) is 0 Å². The molecule has 1 unspecified atom stereocenters. The van der Waals surface area contributed by atoms with Gasteiger partial charge in [0, 0.05) is 16.6 Å². The minimum Gasteiger partial charge on any atom is -0.496 e. The van der Waals surface area contributed by atoms with Crippen LogP contribution in [0, 0.1) is 0 Å². The maximum Gasteiger partial charge on any atom is 0.320 e. The summed E-state index contributed by atoms with van der Waals surface area (Å²) in [7, 11) is 1.63. The van der Waals surface area contributed by atoms with Gasteiger partial charge in [-0.1, -0.05) is 15.9 Å². The quantitative estimate of drug-likeness (QED) is 0.928. The number of carboxylic acid groups (broad SMARTS) is 1. The van der Waals surface area contributed by atoms with Crippen LogP contribution in [0.5, 0.6) is 5.75 Å². The lowest BCUT2D eigenvalue weighted by Crippen LogP contribution is -2.35. The maximum atomic E-state index is 11.1. The van der Waals surface area contributed by atoms with E-state index in [2.05, 4.69) is 15.9 Å². The zero-order valence-electron chi connectivity index (χ0n) is 10.2. The number of benzene rings is 1. The fourth-order valence-corrected chi connectivity index (χ4v) is 2.79. The Bertz CT molecular complexity index is 450. The van der Waals surface area contributed by atoms with Gasteiger partial charge in [0.05, 0.1) is 7.11 Å². The summed E-state index contributed by atoms with van der Waals surface area (Å²) >= 11 is 3.43. The molecule has 1 heterocycles. The van der Waals surface area contributed by atoms with Crippen LogP contribution in [0.1, 0.15) is 18.4 Å². The molecule has 1 aliphatic rings. The lowest BCUT2D eigenvalue weighted by molar-refractivity contribution is -0.142. The van der Waals surface area contributed by atoms with E-state index in [-0.39, 0.29) is 6.04 Å². The SMILES string of the molecule is COc1ccc(Br)cc1CN1CCCC1C(=O)O. The molecule has 1 fully saturated rings. The van der Waals surface area contributed by atoms with E-state index >= 15 is 0 Å². The number of methoxy groups -OCH3 is 1. The van der Waals surface area contributed by atoms with Crippen LogP contribution in [0.2, 0.25) is 0 Å². The molecule has 1 saturated heterocycles. The molecule has 0 radical (unpaired) electrons. The van der Waals surface area contributed by atoms with Crippen molar-refractivity contribution in [1.82, 2.24) is 4.90 Å². The maximum absolute atomic E-state index is 11.1. The molecule has 18 heavy (non-hydrogen) atoms. The smallest absolute Gasteiger partial charge is 0.320 e. The van der Waals surface area contributed by atoms with Gasteiger partial charge < -0.3 is 9.84 Å². The fourth-order valence-electron chi connectivity index (χ4n) is 2.38. The summed E-state index contributed by atoms with van der Waals surface area (Å²) in [6.45, 7) is 1.44. The standard InChI is InChI=1S/C13H16BrNO3/c1-18-12-5-4-10(14)7-9(12)8-15-6-2-3-11(15)13(16)17/h4-5,7,11H,2-3,6,8H2,1H3,(H,16,17). The number of halogens is 1. The highest BCUT2D eigenvalue weighted by molar-refractivity contribution is 9.10. The molecule has 4 nitrogen and oxygen atoms in total. The molecule has 1 atom stereocenters. The number of ether oxygens (including phenoxy) is 1. The van der Waals surface area contributed by atoms with Crippen molar-refractivity contribution < 1.29 is 14.6 Å². The third-order valence-corrected chi connectivity index (χ3v) is 3.76. The minimum atomic E-state index is -0.735. The Morgan fingerprint density at radius 2 is 2.39 bits per heavy atom. The van der Waals surface area contributed by atoms with Crippen LogP contribution in [0.25, 0.3) is 0 Å². The van der Waals surface area contributed by atoms with Crippen molar-refractivity contribution in [1.29, 1.82) is 0 Å². The average molecular weight is 314 g/mol. The molecule has 0 amide bonds.